The van der Waals surface area contributed by atoms with E-state index in [0.29, 0.717) is 22.4 Å². The second-order valence-corrected chi connectivity index (χ2v) is 4.91. The van der Waals surface area contributed by atoms with Crippen LogP contribution in [0, 0.1) is 6.92 Å². The first-order valence-corrected chi connectivity index (χ1v) is 6.75. The normalized spacial score (nSPS) is 10.8. The highest BCUT2D eigenvalue weighted by molar-refractivity contribution is 6.34. The maximum absolute atomic E-state index is 12.3. The summed E-state index contributed by atoms with van der Waals surface area (Å²) >= 11 is 6.04. The highest BCUT2D eigenvalue weighted by Crippen LogP contribution is 2.24. The zero-order valence-corrected chi connectivity index (χ0v) is 12.0. The number of amides is 1. The summed E-state index contributed by atoms with van der Waals surface area (Å²) < 4.78 is 5.31. The molecule has 3 aromatic rings. The van der Waals surface area contributed by atoms with Crippen molar-refractivity contribution in [3.8, 4) is 0 Å². The van der Waals surface area contributed by atoms with Gasteiger partial charge in [0.15, 0.2) is 0 Å². The molecule has 106 valence electrons. The minimum absolute atomic E-state index is 0.226. The summed E-state index contributed by atoms with van der Waals surface area (Å²) in [7, 11) is 0. The standard InChI is InChI=1S/C15H12ClN3O2/c1-9-6-17-13(21-9)8-19-15(20)12-7-18-14(16)11-5-3-2-4-10(11)12/h2-7H,8H2,1H3,(H,19,20). The van der Waals surface area contributed by atoms with Crippen molar-refractivity contribution in [3.05, 3.63) is 59.0 Å². The van der Waals surface area contributed by atoms with E-state index >= 15 is 0 Å². The summed E-state index contributed by atoms with van der Waals surface area (Å²) in [6.45, 7) is 2.03. The van der Waals surface area contributed by atoms with Crippen LogP contribution < -0.4 is 5.32 Å². The predicted octanol–water partition coefficient (Wildman–Crippen LogP) is 3.11. The van der Waals surface area contributed by atoms with Gasteiger partial charge in [-0.25, -0.2) is 9.97 Å². The number of rotatable bonds is 3. The molecular formula is C15H12ClN3O2. The third-order valence-electron chi connectivity index (χ3n) is 3.06. The van der Waals surface area contributed by atoms with Crippen LogP contribution in [0.4, 0.5) is 0 Å². The van der Waals surface area contributed by atoms with Crippen molar-refractivity contribution in [2.45, 2.75) is 13.5 Å². The molecule has 0 radical (unpaired) electrons. The number of hydrogen-bond acceptors (Lipinski definition) is 4. The van der Waals surface area contributed by atoms with Crippen molar-refractivity contribution in [1.82, 2.24) is 15.3 Å². The van der Waals surface area contributed by atoms with Gasteiger partial charge in [0.05, 0.1) is 18.3 Å². The second-order valence-electron chi connectivity index (χ2n) is 4.56. The molecule has 0 bridgehead atoms. The number of aryl methyl sites for hydroxylation is 1. The highest BCUT2D eigenvalue weighted by atomic mass is 35.5. The molecule has 3 rings (SSSR count). The number of halogens is 1. The maximum atomic E-state index is 12.3. The van der Waals surface area contributed by atoms with E-state index in [1.165, 1.54) is 6.20 Å². The van der Waals surface area contributed by atoms with Crippen LogP contribution in [0.15, 0.2) is 41.1 Å². The van der Waals surface area contributed by atoms with Crippen LogP contribution in [0.2, 0.25) is 5.15 Å². The third-order valence-corrected chi connectivity index (χ3v) is 3.36. The van der Waals surface area contributed by atoms with Crippen LogP contribution in [0.1, 0.15) is 22.0 Å². The Balaban J connectivity index is 1.86. The molecule has 0 atom stereocenters. The first-order valence-electron chi connectivity index (χ1n) is 6.38. The molecular weight excluding hydrogens is 290 g/mol. The molecule has 0 spiro atoms. The lowest BCUT2D eigenvalue weighted by molar-refractivity contribution is 0.0948. The number of nitrogens with zero attached hydrogens (tertiary/aromatic N) is 2. The molecule has 5 nitrogen and oxygen atoms in total. The fourth-order valence-electron chi connectivity index (χ4n) is 2.07. The van der Waals surface area contributed by atoms with Gasteiger partial charge in [0.1, 0.15) is 10.9 Å². The SMILES string of the molecule is Cc1cnc(CNC(=O)c2cnc(Cl)c3ccccc23)o1. The van der Waals surface area contributed by atoms with Gasteiger partial charge in [0.25, 0.3) is 5.91 Å². The first kappa shape index (κ1) is 13.6. The molecule has 0 saturated carbocycles. The number of oxazole rings is 1. The van der Waals surface area contributed by atoms with Gasteiger partial charge in [0, 0.05) is 11.6 Å². The smallest absolute Gasteiger partial charge is 0.253 e. The number of aromatic nitrogens is 2. The molecule has 0 saturated heterocycles. The van der Waals surface area contributed by atoms with Crippen LogP contribution in [-0.4, -0.2) is 15.9 Å². The highest BCUT2D eigenvalue weighted by Gasteiger charge is 2.13. The van der Waals surface area contributed by atoms with Crippen molar-refractivity contribution in [2.24, 2.45) is 0 Å². The third kappa shape index (κ3) is 2.73. The van der Waals surface area contributed by atoms with Gasteiger partial charge in [-0.1, -0.05) is 35.9 Å². The van der Waals surface area contributed by atoms with Gasteiger partial charge >= 0.3 is 0 Å². The van der Waals surface area contributed by atoms with Gasteiger partial charge in [-0.3, -0.25) is 4.79 Å². The van der Waals surface area contributed by atoms with E-state index in [1.54, 1.807) is 13.1 Å². The molecule has 0 aliphatic carbocycles. The minimum Gasteiger partial charge on any atom is -0.444 e. The van der Waals surface area contributed by atoms with E-state index in [0.717, 1.165) is 10.8 Å². The zero-order chi connectivity index (χ0) is 14.8. The molecule has 2 aromatic heterocycles. The van der Waals surface area contributed by atoms with Crippen molar-refractivity contribution in [3.63, 3.8) is 0 Å². The Labute approximate surface area is 126 Å². The summed E-state index contributed by atoms with van der Waals surface area (Å²) in [6.07, 6.45) is 3.08. The van der Waals surface area contributed by atoms with Gasteiger partial charge < -0.3 is 9.73 Å². The van der Waals surface area contributed by atoms with Crippen LogP contribution >= 0.6 is 11.6 Å². The van der Waals surface area contributed by atoms with E-state index in [9.17, 15) is 4.79 Å². The van der Waals surface area contributed by atoms with Crippen LogP contribution in [-0.2, 0) is 6.54 Å². The topological polar surface area (TPSA) is 68.0 Å². The number of carbonyl (C=O) groups excluding carboxylic acids is 1. The van der Waals surface area contributed by atoms with Crippen LogP contribution in [0.3, 0.4) is 0 Å². The first-order chi connectivity index (χ1) is 10.1. The summed E-state index contributed by atoms with van der Waals surface area (Å²) in [6, 6.07) is 7.38. The molecule has 1 N–H and O–H groups in total. The quantitative estimate of drug-likeness (QED) is 0.755. The molecule has 6 heteroatoms. The zero-order valence-electron chi connectivity index (χ0n) is 11.3. The van der Waals surface area contributed by atoms with Crippen molar-refractivity contribution < 1.29 is 9.21 Å². The summed E-state index contributed by atoms with van der Waals surface area (Å²) in [5.41, 5.74) is 0.471. The lowest BCUT2D eigenvalue weighted by atomic mass is 10.1. The van der Waals surface area contributed by atoms with Gasteiger partial charge in [-0.15, -0.1) is 0 Å². The summed E-state index contributed by atoms with van der Waals surface area (Å²) in [5, 5.41) is 4.65. The van der Waals surface area contributed by atoms with Crippen LogP contribution in [0.5, 0.6) is 0 Å². The Kier molecular flexibility index (Phi) is 3.58. The number of carbonyl (C=O) groups is 1. The predicted molar refractivity (Wildman–Crippen MR) is 79.2 cm³/mol. The van der Waals surface area contributed by atoms with Gasteiger partial charge in [-0.05, 0) is 12.3 Å². The molecule has 0 aliphatic heterocycles. The Morgan fingerprint density at radius 3 is 2.71 bits per heavy atom. The lowest BCUT2D eigenvalue weighted by Gasteiger charge is -2.07. The monoisotopic (exact) mass is 301 g/mol. The Bertz CT molecular complexity index is 814. The van der Waals surface area contributed by atoms with E-state index in [1.807, 2.05) is 24.3 Å². The number of benzene rings is 1. The number of fused-ring (bicyclic) bond motifs is 1. The van der Waals surface area contributed by atoms with Gasteiger partial charge in [0.2, 0.25) is 5.89 Å². The fraction of sp³-hybridized carbons (Fsp3) is 0.133. The van der Waals surface area contributed by atoms with Gasteiger partial charge in [-0.2, -0.15) is 0 Å². The summed E-state index contributed by atoms with van der Waals surface area (Å²) in [4.78, 5) is 20.4. The average Bonchev–Trinajstić information content (AvgIpc) is 2.91. The fourth-order valence-corrected chi connectivity index (χ4v) is 2.29. The molecule has 0 unspecified atom stereocenters. The van der Waals surface area contributed by atoms with E-state index in [2.05, 4.69) is 15.3 Å². The second kappa shape index (κ2) is 5.54. The number of nitrogens with one attached hydrogen (secondary N) is 1. The molecule has 2 heterocycles. The van der Waals surface area contributed by atoms with E-state index in [4.69, 9.17) is 16.0 Å². The molecule has 21 heavy (non-hydrogen) atoms. The Morgan fingerprint density at radius 2 is 2.00 bits per heavy atom. The molecule has 0 aliphatic rings. The van der Waals surface area contributed by atoms with Crippen molar-refractivity contribution in [2.75, 3.05) is 0 Å². The number of hydrogen-bond donors (Lipinski definition) is 1. The molecule has 1 amide bonds. The van der Waals surface area contributed by atoms with E-state index in [-0.39, 0.29) is 12.5 Å². The van der Waals surface area contributed by atoms with E-state index < -0.39 is 0 Å². The van der Waals surface area contributed by atoms with Crippen molar-refractivity contribution in [1.29, 1.82) is 0 Å². The molecule has 0 fully saturated rings. The molecule has 1 aromatic carbocycles. The maximum Gasteiger partial charge on any atom is 0.253 e. The lowest BCUT2D eigenvalue weighted by Crippen LogP contribution is -2.23. The van der Waals surface area contributed by atoms with Crippen LogP contribution in [0.25, 0.3) is 10.8 Å². The Morgan fingerprint density at radius 1 is 1.24 bits per heavy atom. The number of pyridine rings is 1. The van der Waals surface area contributed by atoms with Crippen molar-refractivity contribution >= 4 is 28.3 Å². The largest absolute Gasteiger partial charge is 0.444 e. The minimum atomic E-state index is -0.244. The Hall–Kier alpha value is -2.40. The average molecular weight is 302 g/mol. The summed E-state index contributed by atoms with van der Waals surface area (Å²) in [5.74, 6) is 0.927.